The number of amides is 1. The molecule has 0 bridgehead atoms. The molecule has 3 N–H and O–H groups in total. The first-order valence-corrected chi connectivity index (χ1v) is 21.1. The van der Waals surface area contributed by atoms with E-state index in [1.165, 1.54) is 44.9 Å². The molecule has 4 nitrogen and oxygen atoms in total. The fourth-order valence-electron chi connectivity index (χ4n) is 5.58. The van der Waals surface area contributed by atoms with Crippen LogP contribution in [0.25, 0.3) is 0 Å². The maximum absolute atomic E-state index is 12.3. The highest BCUT2D eigenvalue weighted by Crippen LogP contribution is 2.12. The minimum atomic E-state index is -0.672. The first-order chi connectivity index (χ1) is 25.7. The van der Waals surface area contributed by atoms with Crippen molar-refractivity contribution < 1.29 is 15.0 Å². The van der Waals surface area contributed by atoms with Gasteiger partial charge >= 0.3 is 0 Å². The second-order valence-corrected chi connectivity index (χ2v) is 13.7. The Morgan fingerprint density at radius 3 is 1.27 bits per heavy atom. The summed E-state index contributed by atoms with van der Waals surface area (Å²) in [6.45, 7) is 4.17. The maximum Gasteiger partial charge on any atom is 0.220 e. The number of carbonyl (C=O) groups excluding carboxylic acids is 1. The summed E-state index contributed by atoms with van der Waals surface area (Å²) in [5, 5.41) is 22.9. The third-order valence-corrected chi connectivity index (χ3v) is 8.80. The predicted molar refractivity (Wildman–Crippen MR) is 229 cm³/mol. The number of hydrogen-bond acceptors (Lipinski definition) is 3. The number of carbonyl (C=O) groups is 1. The van der Waals surface area contributed by atoms with Gasteiger partial charge in [0.05, 0.1) is 18.8 Å². The van der Waals surface area contributed by atoms with Crippen LogP contribution in [0.5, 0.6) is 0 Å². The van der Waals surface area contributed by atoms with Crippen molar-refractivity contribution in [2.75, 3.05) is 6.61 Å². The molecule has 52 heavy (non-hydrogen) atoms. The van der Waals surface area contributed by atoms with Crippen molar-refractivity contribution in [2.24, 2.45) is 0 Å². The summed E-state index contributed by atoms with van der Waals surface area (Å²) in [5.74, 6) is -0.0611. The molecule has 4 heteroatoms. The summed E-state index contributed by atoms with van der Waals surface area (Å²) in [6.07, 6.45) is 64.6. The van der Waals surface area contributed by atoms with Gasteiger partial charge in [-0.1, -0.05) is 187 Å². The zero-order chi connectivity index (χ0) is 37.8. The molecule has 0 heterocycles. The molecule has 0 rings (SSSR count). The smallest absolute Gasteiger partial charge is 0.220 e. The number of allylic oxidation sites excluding steroid dienone is 18. The van der Waals surface area contributed by atoms with E-state index in [0.29, 0.717) is 12.8 Å². The van der Waals surface area contributed by atoms with Crippen molar-refractivity contribution >= 4 is 5.91 Å². The predicted octanol–water partition coefficient (Wildman–Crippen LogP) is 13.2. The fraction of sp³-hybridized carbons (Fsp3) is 0.604. The first kappa shape index (κ1) is 49.0. The van der Waals surface area contributed by atoms with Crippen molar-refractivity contribution in [1.29, 1.82) is 0 Å². The lowest BCUT2D eigenvalue weighted by Gasteiger charge is -2.22. The molecule has 2 unspecified atom stereocenters. The number of aliphatic hydroxyl groups is 2. The minimum absolute atomic E-state index is 0.0611. The van der Waals surface area contributed by atoms with Crippen LogP contribution in [0.3, 0.4) is 0 Å². The van der Waals surface area contributed by atoms with E-state index in [2.05, 4.69) is 129 Å². The van der Waals surface area contributed by atoms with Crippen LogP contribution in [0.15, 0.2) is 109 Å². The number of nitrogens with one attached hydrogen (secondary N) is 1. The van der Waals surface area contributed by atoms with Crippen molar-refractivity contribution in [1.82, 2.24) is 5.32 Å². The highest BCUT2D eigenvalue weighted by atomic mass is 16.3. The van der Waals surface area contributed by atoms with Crippen LogP contribution in [-0.4, -0.2) is 34.9 Å². The highest BCUT2D eigenvalue weighted by Gasteiger charge is 2.19. The molecule has 0 spiro atoms. The molecule has 0 radical (unpaired) electrons. The van der Waals surface area contributed by atoms with Gasteiger partial charge in [0, 0.05) is 6.42 Å². The van der Waals surface area contributed by atoms with Gasteiger partial charge in [0.25, 0.3) is 0 Å². The van der Waals surface area contributed by atoms with Gasteiger partial charge in [-0.25, -0.2) is 0 Å². The molecule has 2 atom stereocenters. The summed E-state index contributed by atoms with van der Waals surface area (Å²) < 4.78 is 0. The van der Waals surface area contributed by atoms with E-state index in [-0.39, 0.29) is 12.5 Å². The standard InChI is InChI=1S/C48H79NO3/c1-3-5-7-9-11-12-13-14-15-16-17-18-19-20-21-22-23-24-25-26-27-28-29-30-31-32-33-34-35-36-38-40-42-44-48(52)49-46(45-50)47(51)43-41-39-37-10-8-6-4-2/h5,7,11-12,14-15,17-18,20-21,23-24,26-27,29-30,32-33,46-47,50-51H,3-4,6,8-10,13,16,19,22,25,28,31,34-45H2,1-2H3,(H,49,52)/b7-5-,12-11-,15-14-,18-17-,21-20-,24-23-,27-26-,30-29-,33-32-. The molecule has 1 amide bonds. The number of rotatable bonds is 36. The van der Waals surface area contributed by atoms with Gasteiger partial charge in [0.1, 0.15) is 0 Å². The molecule has 0 aliphatic carbocycles. The summed E-state index contributed by atoms with van der Waals surface area (Å²) >= 11 is 0. The molecule has 0 aromatic carbocycles. The van der Waals surface area contributed by atoms with E-state index in [1.807, 2.05) is 0 Å². The molecule has 0 aliphatic heterocycles. The zero-order valence-electron chi connectivity index (χ0n) is 33.5. The van der Waals surface area contributed by atoms with Crippen LogP contribution >= 0.6 is 0 Å². The number of unbranched alkanes of at least 4 members (excludes halogenated alkanes) is 11. The van der Waals surface area contributed by atoms with Gasteiger partial charge in [0.15, 0.2) is 0 Å². The summed E-state index contributed by atoms with van der Waals surface area (Å²) in [6, 6.07) is -0.551. The normalized spacial score (nSPS) is 14.2. The highest BCUT2D eigenvalue weighted by molar-refractivity contribution is 5.76. The van der Waals surface area contributed by atoms with E-state index in [4.69, 9.17) is 0 Å². The quantitative estimate of drug-likeness (QED) is 0.0446. The van der Waals surface area contributed by atoms with Crippen molar-refractivity contribution in [3.05, 3.63) is 109 Å². The van der Waals surface area contributed by atoms with Crippen LogP contribution in [0.2, 0.25) is 0 Å². The second-order valence-electron chi connectivity index (χ2n) is 13.7. The van der Waals surface area contributed by atoms with Crippen molar-refractivity contribution in [3.8, 4) is 0 Å². The Morgan fingerprint density at radius 1 is 0.481 bits per heavy atom. The Morgan fingerprint density at radius 2 is 0.846 bits per heavy atom. The molecule has 0 saturated carbocycles. The van der Waals surface area contributed by atoms with Crippen LogP contribution in [0.4, 0.5) is 0 Å². The van der Waals surface area contributed by atoms with Gasteiger partial charge in [-0.2, -0.15) is 0 Å². The molecule has 0 saturated heterocycles. The maximum atomic E-state index is 12.3. The monoisotopic (exact) mass is 718 g/mol. The molecule has 294 valence electrons. The Bertz CT molecular complexity index is 1040. The van der Waals surface area contributed by atoms with Crippen LogP contribution < -0.4 is 5.32 Å². The lowest BCUT2D eigenvalue weighted by molar-refractivity contribution is -0.123. The van der Waals surface area contributed by atoms with E-state index in [1.54, 1.807) is 0 Å². The third kappa shape index (κ3) is 38.3. The van der Waals surface area contributed by atoms with E-state index in [9.17, 15) is 15.0 Å². The second kappa shape index (κ2) is 42.5. The van der Waals surface area contributed by atoms with Gasteiger partial charge in [-0.05, 0) is 83.5 Å². The molecule has 0 fully saturated rings. The van der Waals surface area contributed by atoms with Gasteiger partial charge in [-0.15, -0.1) is 0 Å². The van der Waals surface area contributed by atoms with E-state index < -0.39 is 12.1 Å². The molecular formula is C48H79NO3. The van der Waals surface area contributed by atoms with Gasteiger partial charge in [-0.3, -0.25) is 4.79 Å². The Labute approximate surface area is 321 Å². The molecule has 0 aliphatic rings. The first-order valence-electron chi connectivity index (χ1n) is 21.1. The Hall–Kier alpha value is -2.95. The van der Waals surface area contributed by atoms with Gasteiger partial charge < -0.3 is 15.5 Å². The van der Waals surface area contributed by atoms with Crippen LogP contribution in [-0.2, 0) is 4.79 Å². The summed E-state index contributed by atoms with van der Waals surface area (Å²) in [5.41, 5.74) is 0. The molecule has 0 aromatic heterocycles. The zero-order valence-corrected chi connectivity index (χ0v) is 33.5. The summed E-state index contributed by atoms with van der Waals surface area (Å²) in [7, 11) is 0. The van der Waals surface area contributed by atoms with Crippen molar-refractivity contribution in [2.45, 2.75) is 180 Å². The summed E-state index contributed by atoms with van der Waals surface area (Å²) in [4.78, 5) is 12.3. The average Bonchev–Trinajstić information content (AvgIpc) is 3.15. The lowest BCUT2D eigenvalue weighted by atomic mass is 10.0. The van der Waals surface area contributed by atoms with Gasteiger partial charge in [0.2, 0.25) is 5.91 Å². The largest absolute Gasteiger partial charge is 0.394 e. The van der Waals surface area contributed by atoms with Crippen LogP contribution in [0, 0.1) is 0 Å². The van der Waals surface area contributed by atoms with E-state index in [0.717, 1.165) is 96.3 Å². The molecule has 0 aromatic rings. The minimum Gasteiger partial charge on any atom is -0.394 e. The number of hydrogen-bond donors (Lipinski definition) is 3. The SMILES string of the molecule is CC/C=C\C/C=C\C/C=C\C/C=C\C/C=C\C/C=C\C/C=C\C/C=C\C/C=C\CCCCCCCC(=O)NC(CO)C(O)CCCCCCCCC. The Balaban J connectivity index is 3.67. The lowest BCUT2D eigenvalue weighted by Crippen LogP contribution is -2.45. The fourth-order valence-corrected chi connectivity index (χ4v) is 5.58. The average molecular weight is 718 g/mol. The molecular weight excluding hydrogens is 639 g/mol. The van der Waals surface area contributed by atoms with Crippen molar-refractivity contribution in [3.63, 3.8) is 0 Å². The topological polar surface area (TPSA) is 69.6 Å². The third-order valence-electron chi connectivity index (χ3n) is 8.80. The Kier molecular flexibility index (Phi) is 40.1. The van der Waals surface area contributed by atoms with E-state index >= 15 is 0 Å². The number of aliphatic hydroxyl groups excluding tert-OH is 2. The van der Waals surface area contributed by atoms with Crippen LogP contribution in [0.1, 0.15) is 168 Å².